The Balaban J connectivity index is 2.79. The van der Waals surface area contributed by atoms with Crippen molar-refractivity contribution < 1.29 is 16.8 Å². The lowest BCUT2D eigenvalue weighted by Gasteiger charge is -2.25. The summed E-state index contributed by atoms with van der Waals surface area (Å²) in [5.74, 6) is 0. The van der Waals surface area contributed by atoms with Gasteiger partial charge in [-0.05, 0) is 38.0 Å². The summed E-state index contributed by atoms with van der Waals surface area (Å²) in [6.45, 7) is 5.24. The van der Waals surface area contributed by atoms with Gasteiger partial charge in [0.2, 0.25) is 20.0 Å². The Morgan fingerprint density at radius 1 is 1.05 bits per heavy atom. The van der Waals surface area contributed by atoms with Crippen molar-refractivity contribution in [3.8, 4) is 0 Å². The molecule has 0 atom stereocenters. The molecule has 0 heterocycles. The SMILES string of the molecule is CCCc1ccc(S(=O)(=O)NCC(C)(C)NS(C)(=O)=O)cc1. The smallest absolute Gasteiger partial charge is 0.213 e. The summed E-state index contributed by atoms with van der Waals surface area (Å²) in [6, 6.07) is 6.70. The van der Waals surface area contributed by atoms with Crippen molar-refractivity contribution in [1.29, 1.82) is 0 Å². The van der Waals surface area contributed by atoms with E-state index in [-0.39, 0.29) is 11.4 Å². The third-order valence-electron chi connectivity index (χ3n) is 2.94. The van der Waals surface area contributed by atoms with Crippen molar-refractivity contribution in [3.05, 3.63) is 29.8 Å². The maximum absolute atomic E-state index is 12.2. The number of sulfonamides is 2. The van der Waals surface area contributed by atoms with Gasteiger partial charge in [-0.3, -0.25) is 0 Å². The van der Waals surface area contributed by atoms with Crippen LogP contribution in [0.2, 0.25) is 0 Å². The van der Waals surface area contributed by atoms with Crippen molar-refractivity contribution in [1.82, 2.24) is 9.44 Å². The van der Waals surface area contributed by atoms with Gasteiger partial charge in [0.05, 0.1) is 11.2 Å². The van der Waals surface area contributed by atoms with Crippen LogP contribution >= 0.6 is 0 Å². The van der Waals surface area contributed by atoms with Gasteiger partial charge in [0.1, 0.15) is 0 Å². The van der Waals surface area contributed by atoms with Crippen molar-refractivity contribution >= 4 is 20.0 Å². The average molecular weight is 348 g/mol. The molecule has 8 heteroatoms. The Bertz CT molecular complexity index is 693. The maximum atomic E-state index is 12.2. The van der Waals surface area contributed by atoms with Gasteiger partial charge in [-0.25, -0.2) is 26.3 Å². The van der Waals surface area contributed by atoms with Crippen LogP contribution in [0, 0.1) is 0 Å². The van der Waals surface area contributed by atoms with Crippen LogP contribution < -0.4 is 9.44 Å². The zero-order chi connectivity index (χ0) is 17.0. The van der Waals surface area contributed by atoms with Crippen molar-refractivity contribution in [2.45, 2.75) is 44.0 Å². The number of hydrogen-bond acceptors (Lipinski definition) is 4. The second kappa shape index (κ2) is 7.08. The standard InChI is InChI=1S/C14H24N2O4S2/c1-5-6-12-7-9-13(10-8-12)22(19,20)15-11-14(2,3)16-21(4,17)18/h7-10,15-16H,5-6,11H2,1-4H3. The van der Waals surface area contributed by atoms with Gasteiger partial charge in [-0.1, -0.05) is 25.5 Å². The third kappa shape index (κ3) is 6.43. The fourth-order valence-corrected chi connectivity index (χ4v) is 4.31. The normalized spacial score (nSPS) is 13.3. The van der Waals surface area contributed by atoms with Gasteiger partial charge in [0.15, 0.2) is 0 Å². The van der Waals surface area contributed by atoms with Gasteiger partial charge in [-0.15, -0.1) is 0 Å². The zero-order valence-electron chi connectivity index (χ0n) is 13.4. The zero-order valence-corrected chi connectivity index (χ0v) is 15.0. The predicted molar refractivity (Wildman–Crippen MR) is 87.7 cm³/mol. The van der Waals surface area contributed by atoms with Gasteiger partial charge in [0, 0.05) is 12.1 Å². The number of rotatable bonds is 8. The van der Waals surface area contributed by atoms with E-state index in [2.05, 4.69) is 16.4 Å². The van der Waals surface area contributed by atoms with E-state index in [1.54, 1.807) is 38.1 Å². The summed E-state index contributed by atoms with van der Waals surface area (Å²) < 4.78 is 51.8. The van der Waals surface area contributed by atoms with E-state index in [0.29, 0.717) is 0 Å². The molecule has 2 N–H and O–H groups in total. The molecule has 0 unspecified atom stereocenters. The summed E-state index contributed by atoms with van der Waals surface area (Å²) in [6.07, 6.45) is 2.93. The molecule has 0 radical (unpaired) electrons. The van der Waals surface area contributed by atoms with Crippen LogP contribution in [0.15, 0.2) is 29.2 Å². The maximum Gasteiger partial charge on any atom is 0.240 e. The van der Waals surface area contributed by atoms with E-state index in [9.17, 15) is 16.8 Å². The minimum Gasteiger partial charge on any atom is -0.213 e. The van der Waals surface area contributed by atoms with Crippen LogP contribution in [0.4, 0.5) is 0 Å². The fraction of sp³-hybridized carbons (Fsp3) is 0.571. The lowest BCUT2D eigenvalue weighted by molar-refractivity contribution is 0.446. The predicted octanol–water partition coefficient (Wildman–Crippen LogP) is 1.25. The Labute approximate surface area is 133 Å². The average Bonchev–Trinajstić information content (AvgIpc) is 2.35. The minimum absolute atomic E-state index is 0.0425. The van der Waals surface area contributed by atoms with Gasteiger partial charge in [-0.2, -0.15) is 0 Å². The third-order valence-corrected chi connectivity index (χ3v) is 5.28. The molecule has 0 bridgehead atoms. The molecule has 0 aliphatic carbocycles. The fourth-order valence-electron chi connectivity index (χ4n) is 2.02. The summed E-state index contributed by atoms with van der Waals surface area (Å²) in [5.41, 5.74) is 0.170. The molecule has 0 aliphatic rings. The van der Waals surface area contributed by atoms with Crippen LogP contribution in [0.3, 0.4) is 0 Å². The molecule has 0 fully saturated rings. The first-order valence-electron chi connectivity index (χ1n) is 7.03. The summed E-state index contributed by atoms with van der Waals surface area (Å²) in [5, 5.41) is 0. The first-order valence-corrected chi connectivity index (χ1v) is 10.4. The number of hydrogen-bond donors (Lipinski definition) is 2. The second-order valence-corrected chi connectivity index (χ2v) is 9.49. The van der Waals surface area contributed by atoms with Gasteiger partial charge >= 0.3 is 0 Å². The van der Waals surface area contributed by atoms with E-state index in [4.69, 9.17) is 0 Å². The van der Waals surface area contributed by atoms with Gasteiger partial charge in [0.25, 0.3) is 0 Å². The summed E-state index contributed by atoms with van der Waals surface area (Å²) in [4.78, 5) is 0.169. The largest absolute Gasteiger partial charge is 0.240 e. The molecular formula is C14H24N2O4S2. The Hall–Kier alpha value is -0.960. The molecule has 0 saturated carbocycles. The number of nitrogens with one attached hydrogen (secondary N) is 2. The summed E-state index contributed by atoms with van der Waals surface area (Å²) >= 11 is 0. The molecule has 6 nitrogen and oxygen atoms in total. The Kier molecular flexibility index (Phi) is 6.14. The topological polar surface area (TPSA) is 92.3 Å². The highest BCUT2D eigenvalue weighted by Crippen LogP contribution is 2.13. The van der Waals surface area contributed by atoms with E-state index >= 15 is 0 Å². The van der Waals surface area contributed by atoms with Crippen molar-refractivity contribution in [2.24, 2.45) is 0 Å². The lowest BCUT2D eigenvalue weighted by Crippen LogP contribution is -2.50. The van der Waals surface area contributed by atoms with Crippen molar-refractivity contribution in [2.75, 3.05) is 12.8 Å². The quantitative estimate of drug-likeness (QED) is 0.739. The second-order valence-electron chi connectivity index (χ2n) is 5.98. The van der Waals surface area contributed by atoms with E-state index in [1.165, 1.54) is 0 Å². The molecule has 0 amide bonds. The minimum atomic E-state index is -3.67. The molecule has 1 aromatic rings. The van der Waals surface area contributed by atoms with Gasteiger partial charge < -0.3 is 0 Å². The van der Waals surface area contributed by atoms with E-state index < -0.39 is 25.6 Å². The monoisotopic (exact) mass is 348 g/mol. The van der Waals surface area contributed by atoms with Crippen LogP contribution in [0.25, 0.3) is 0 Å². The highest BCUT2D eigenvalue weighted by atomic mass is 32.2. The highest BCUT2D eigenvalue weighted by Gasteiger charge is 2.25. The molecular weight excluding hydrogens is 324 g/mol. The van der Waals surface area contributed by atoms with Crippen LogP contribution in [0.1, 0.15) is 32.8 Å². The Morgan fingerprint density at radius 2 is 1.59 bits per heavy atom. The molecule has 0 spiro atoms. The molecule has 1 rings (SSSR count). The van der Waals surface area contributed by atoms with Crippen molar-refractivity contribution in [3.63, 3.8) is 0 Å². The Morgan fingerprint density at radius 3 is 2.05 bits per heavy atom. The van der Waals surface area contributed by atoms with E-state index in [0.717, 1.165) is 24.7 Å². The first-order chi connectivity index (χ1) is 9.95. The molecule has 126 valence electrons. The molecule has 0 aromatic heterocycles. The van der Waals surface area contributed by atoms with Crippen LogP contribution in [0.5, 0.6) is 0 Å². The molecule has 0 saturated heterocycles. The summed E-state index contributed by atoms with van der Waals surface area (Å²) in [7, 11) is -7.08. The lowest BCUT2D eigenvalue weighted by atomic mass is 10.1. The van der Waals surface area contributed by atoms with Crippen LogP contribution in [-0.4, -0.2) is 35.2 Å². The van der Waals surface area contributed by atoms with Crippen LogP contribution in [-0.2, 0) is 26.5 Å². The highest BCUT2D eigenvalue weighted by molar-refractivity contribution is 7.89. The molecule has 22 heavy (non-hydrogen) atoms. The number of benzene rings is 1. The number of aryl methyl sites for hydroxylation is 1. The first kappa shape index (κ1) is 19.1. The molecule has 1 aromatic carbocycles. The molecule has 0 aliphatic heterocycles. The van der Waals surface area contributed by atoms with E-state index in [1.807, 2.05) is 0 Å².